The molecule has 1 atom stereocenters. The summed E-state index contributed by atoms with van der Waals surface area (Å²) in [7, 11) is 1.75. The van der Waals surface area contributed by atoms with Crippen LogP contribution >= 0.6 is 0 Å². The minimum absolute atomic E-state index is 0.589. The van der Waals surface area contributed by atoms with Gasteiger partial charge in [-0.2, -0.15) is 0 Å². The quantitative estimate of drug-likeness (QED) is 0.900. The Morgan fingerprint density at radius 2 is 2.05 bits per heavy atom. The number of nitrogens with zero attached hydrogens (tertiary/aromatic N) is 1. The molecule has 0 radical (unpaired) electrons. The number of ether oxygens (including phenoxy) is 1. The summed E-state index contributed by atoms with van der Waals surface area (Å²) in [6.45, 7) is 4.57. The fourth-order valence-corrected chi connectivity index (χ4v) is 3.32. The number of hydrogen-bond acceptors (Lipinski definition) is 3. The van der Waals surface area contributed by atoms with E-state index in [1.807, 2.05) is 6.07 Å². The van der Waals surface area contributed by atoms with Crippen LogP contribution in [0, 0.1) is 5.92 Å². The number of methoxy groups -OCH3 is 1. The molecule has 0 spiro atoms. The van der Waals surface area contributed by atoms with Crippen molar-refractivity contribution in [3.8, 4) is 5.75 Å². The molecule has 3 nitrogen and oxygen atoms in total. The first-order valence-electron chi connectivity index (χ1n) is 7.47. The molecule has 0 amide bonds. The van der Waals surface area contributed by atoms with Gasteiger partial charge in [0.2, 0.25) is 0 Å². The minimum atomic E-state index is 0.589. The number of benzene rings is 1. The van der Waals surface area contributed by atoms with E-state index in [0.717, 1.165) is 24.8 Å². The third kappa shape index (κ3) is 2.77. The molecular weight excluding hydrogens is 236 g/mol. The Balaban J connectivity index is 1.84. The van der Waals surface area contributed by atoms with E-state index >= 15 is 0 Å². The van der Waals surface area contributed by atoms with Crippen molar-refractivity contribution in [1.82, 2.24) is 10.2 Å². The molecule has 0 unspecified atom stereocenters. The maximum absolute atomic E-state index is 5.39. The van der Waals surface area contributed by atoms with Gasteiger partial charge in [0.15, 0.2) is 0 Å². The minimum Gasteiger partial charge on any atom is -0.497 e. The van der Waals surface area contributed by atoms with Gasteiger partial charge in [-0.25, -0.2) is 0 Å². The molecule has 1 saturated carbocycles. The normalized spacial score (nSPS) is 22.8. The predicted octanol–water partition coefficient (Wildman–Crippen LogP) is 2.44. The maximum Gasteiger partial charge on any atom is 0.119 e. The third-order valence-electron chi connectivity index (χ3n) is 4.58. The molecular formula is C16H24N2O. The molecule has 3 heteroatoms. The van der Waals surface area contributed by atoms with Gasteiger partial charge < -0.3 is 10.1 Å². The Morgan fingerprint density at radius 3 is 2.68 bits per heavy atom. The SMILES string of the molecule is COc1cccc([C@H](C2CCC2)N2CCNCC2)c1. The lowest BCUT2D eigenvalue weighted by atomic mass is 9.76. The summed E-state index contributed by atoms with van der Waals surface area (Å²) < 4.78 is 5.39. The molecule has 3 rings (SSSR count). The average Bonchev–Trinajstić information content (AvgIpc) is 2.43. The van der Waals surface area contributed by atoms with Crippen LogP contribution in [0.5, 0.6) is 5.75 Å². The van der Waals surface area contributed by atoms with Crippen molar-refractivity contribution >= 4 is 0 Å². The molecule has 19 heavy (non-hydrogen) atoms. The molecule has 1 heterocycles. The van der Waals surface area contributed by atoms with Crippen LogP contribution in [0.4, 0.5) is 0 Å². The van der Waals surface area contributed by atoms with Gasteiger partial charge in [0, 0.05) is 32.2 Å². The first-order valence-corrected chi connectivity index (χ1v) is 7.47. The fourth-order valence-electron chi connectivity index (χ4n) is 3.32. The molecule has 1 saturated heterocycles. The summed E-state index contributed by atoms with van der Waals surface area (Å²) in [6.07, 6.45) is 4.16. The van der Waals surface area contributed by atoms with Crippen molar-refractivity contribution in [3.63, 3.8) is 0 Å². The second-order valence-electron chi connectivity index (χ2n) is 5.70. The highest BCUT2D eigenvalue weighted by atomic mass is 16.5. The molecule has 2 fully saturated rings. The Labute approximate surface area is 115 Å². The Bertz CT molecular complexity index is 411. The van der Waals surface area contributed by atoms with Crippen LogP contribution in [-0.4, -0.2) is 38.2 Å². The Morgan fingerprint density at radius 1 is 1.26 bits per heavy atom. The molecule has 0 aromatic heterocycles. The van der Waals surface area contributed by atoms with E-state index in [4.69, 9.17) is 4.74 Å². The van der Waals surface area contributed by atoms with Gasteiger partial charge in [0.05, 0.1) is 7.11 Å². The van der Waals surface area contributed by atoms with Crippen molar-refractivity contribution in [2.45, 2.75) is 25.3 Å². The monoisotopic (exact) mass is 260 g/mol. The second kappa shape index (κ2) is 5.93. The topological polar surface area (TPSA) is 24.5 Å². The lowest BCUT2D eigenvalue weighted by molar-refractivity contribution is 0.0836. The smallest absolute Gasteiger partial charge is 0.119 e. The lowest BCUT2D eigenvalue weighted by Gasteiger charge is -2.43. The zero-order valence-electron chi connectivity index (χ0n) is 11.8. The number of hydrogen-bond donors (Lipinski definition) is 1. The lowest BCUT2D eigenvalue weighted by Crippen LogP contribution is -2.47. The predicted molar refractivity (Wildman–Crippen MR) is 77.5 cm³/mol. The van der Waals surface area contributed by atoms with Crippen molar-refractivity contribution in [2.24, 2.45) is 5.92 Å². The van der Waals surface area contributed by atoms with Crippen LogP contribution in [0.2, 0.25) is 0 Å². The van der Waals surface area contributed by atoms with Crippen molar-refractivity contribution in [3.05, 3.63) is 29.8 Å². The maximum atomic E-state index is 5.39. The van der Waals surface area contributed by atoms with Gasteiger partial charge in [-0.3, -0.25) is 4.90 Å². The van der Waals surface area contributed by atoms with Gasteiger partial charge in [-0.15, -0.1) is 0 Å². The van der Waals surface area contributed by atoms with Crippen LogP contribution in [-0.2, 0) is 0 Å². The van der Waals surface area contributed by atoms with Crippen LogP contribution in [0.25, 0.3) is 0 Å². The van der Waals surface area contributed by atoms with E-state index in [9.17, 15) is 0 Å². The first-order chi connectivity index (χ1) is 9.38. The highest BCUT2D eigenvalue weighted by molar-refractivity contribution is 5.31. The molecule has 1 aliphatic heterocycles. The Hall–Kier alpha value is -1.06. The van der Waals surface area contributed by atoms with Gasteiger partial charge in [0.1, 0.15) is 5.75 Å². The van der Waals surface area contributed by atoms with Crippen LogP contribution in [0.3, 0.4) is 0 Å². The highest BCUT2D eigenvalue weighted by Crippen LogP contribution is 2.42. The first kappa shape index (κ1) is 12.9. The summed E-state index contributed by atoms with van der Waals surface area (Å²) in [5, 5.41) is 3.45. The number of rotatable bonds is 4. The average molecular weight is 260 g/mol. The van der Waals surface area contributed by atoms with E-state index in [0.29, 0.717) is 6.04 Å². The van der Waals surface area contributed by atoms with E-state index in [1.54, 1.807) is 7.11 Å². The molecule has 2 aliphatic rings. The van der Waals surface area contributed by atoms with Crippen molar-refractivity contribution < 1.29 is 4.74 Å². The zero-order chi connectivity index (χ0) is 13.1. The number of nitrogens with one attached hydrogen (secondary N) is 1. The molecule has 1 aromatic rings. The largest absolute Gasteiger partial charge is 0.497 e. The molecule has 0 bridgehead atoms. The summed E-state index contributed by atoms with van der Waals surface area (Å²) in [5.41, 5.74) is 1.44. The molecule has 1 aliphatic carbocycles. The summed E-state index contributed by atoms with van der Waals surface area (Å²) in [4.78, 5) is 2.66. The zero-order valence-corrected chi connectivity index (χ0v) is 11.8. The summed E-state index contributed by atoms with van der Waals surface area (Å²) >= 11 is 0. The molecule has 1 aromatic carbocycles. The third-order valence-corrected chi connectivity index (χ3v) is 4.58. The van der Waals surface area contributed by atoms with E-state index in [2.05, 4.69) is 28.4 Å². The molecule has 1 N–H and O–H groups in total. The number of piperazine rings is 1. The summed E-state index contributed by atoms with van der Waals surface area (Å²) in [6, 6.07) is 9.26. The summed E-state index contributed by atoms with van der Waals surface area (Å²) in [5.74, 6) is 1.82. The van der Waals surface area contributed by atoms with Gasteiger partial charge in [-0.1, -0.05) is 18.6 Å². The Kier molecular flexibility index (Phi) is 4.04. The fraction of sp³-hybridized carbons (Fsp3) is 0.625. The van der Waals surface area contributed by atoms with E-state index < -0.39 is 0 Å². The van der Waals surface area contributed by atoms with Crippen LogP contribution in [0.1, 0.15) is 30.9 Å². The van der Waals surface area contributed by atoms with Crippen molar-refractivity contribution in [2.75, 3.05) is 33.3 Å². The van der Waals surface area contributed by atoms with Crippen LogP contribution in [0.15, 0.2) is 24.3 Å². The second-order valence-corrected chi connectivity index (χ2v) is 5.70. The van der Waals surface area contributed by atoms with E-state index in [-0.39, 0.29) is 0 Å². The van der Waals surface area contributed by atoms with Crippen LogP contribution < -0.4 is 10.1 Å². The van der Waals surface area contributed by atoms with Gasteiger partial charge >= 0.3 is 0 Å². The van der Waals surface area contributed by atoms with E-state index in [1.165, 1.54) is 37.9 Å². The van der Waals surface area contributed by atoms with Gasteiger partial charge in [-0.05, 0) is 36.5 Å². The van der Waals surface area contributed by atoms with Crippen molar-refractivity contribution in [1.29, 1.82) is 0 Å². The van der Waals surface area contributed by atoms with Gasteiger partial charge in [0.25, 0.3) is 0 Å². The standard InChI is InChI=1S/C16H24N2O/c1-19-15-7-3-6-14(12-15)16(13-4-2-5-13)18-10-8-17-9-11-18/h3,6-7,12-13,16-17H,2,4-5,8-11H2,1H3/t16-/m0/s1. The molecule has 104 valence electrons. The highest BCUT2D eigenvalue weighted by Gasteiger charge is 2.33.